The fourth-order valence-corrected chi connectivity index (χ4v) is 5.97. The van der Waals surface area contributed by atoms with Crippen LogP contribution < -0.4 is 10.4 Å². The fourth-order valence-electron chi connectivity index (χ4n) is 5.97. The Bertz CT molecular complexity index is 1280. The van der Waals surface area contributed by atoms with Crippen molar-refractivity contribution >= 4 is 36.2 Å². The number of hydrogen-bond acceptors (Lipinski definition) is 7. The van der Waals surface area contributed by atoms with E-state index in [1.807, 2.05) is 39.0 Å². The van der Waals surface area contributed by atoms with Crippen LogP contribution in [0.25, 0.3) is 6.08 Å². The van der Waals surface area contributed by atoms with Gasteiger partial charge in [0.25, 0.3) is 0 Å². The summed E-state index contributed by atoms with van der Waals surface area (Å²) in [7, 11) is -1.74. The lowest BCUT2D eigenvalue weighted by atomic mass is 9.66. The number of phenolic OH excluding ortho intramolecular Hbond substituents is 1. The number of benzene rings is 2. The summed E-state index contributed by atoms with van der Waals surface area (Å²) in [6.45, 7) is 5.55. The molecule has 2 amide bonds. The molecule has 2 aromatic carbocycles. The van der Waals surface area contributed by atoms with Crippen molar-refractivity contribution in [3.05, 3.63) is 70.8 Å². The maximum absolute atomic E-state index is 13.7. The number of amides is 2. The van der Waals surface area contributed by atoms with Gasteiger partial charge >= 0.3 is 7.12 Å². The number of carbonyl (C=O) groups excluding carboxylic acids is 2. The number of rotatable bonds is 9. The molecule has 0 unspecified atom stereocenters. The van der Waals surface area contributed by atoms with Crippen LogP contribution in [-0.2, 0) is 9.59 Å². The highest BCUT2D eigenvalue weighted by Crippen LogP contribution is 2.48. The van der Waals surface area contributed by atoms with Crippen LogP contribution in [0.3, 0.4) is 0 Å². The molecule has 2 aromatic rings. The highest BCUT2D eigenvalue weighted by Gasteiger charge is 2.55. The van der Waals surface area contributed by atoms with Crippen LogP contribution in [0.2, 0.25) is 0 Å². The Labute approximate surface area is 229 Å². The van der Waals surface area contributed by atoms with E-state index in [-0.39, 0.29) is 35.3 Å². The monoisotopic (exact) mass is 533 g/mol. The molecule has 0 aromatic heterocycles. The topological polar surface area (TPSA) is 139 Å². The molecule has 8 nitrogen and oxygen atoms in total. The van der Waals surface area contributed by atoms with Crippen molar-refractivity contribution in [1.29, 1.82) is 0 Å². The van der Waals surface area contributed by atoms with Crippen LogP contribution in [-0.4, -0.2) is 57.0 Å². The molecule has 1 fully saturated rings. The van der Waals surface area contributed by atoms with E-state index in [2.05, 4.69) is 0 Å². The SMILES string of the molecule is C/C(=C\c1ccc(O)cc1)CC[C@@H](O)C1=C(C(C)C)C[C@H]2C(=O)N(c3cccc(B(O)O)c3)C(=O)[C@H]2[C@H]1CO. The second kappa shape index (κ2) is 11.9. The van der Waals surface area contributed by atoms with Gasteiger partial charge in [-0.25, -0.2) is 0 Å². The highest BCUT2D eigenvalue weighted by atomic mass is 16.4. The third-order valence-corrected chi connectivity index (χ3v) is 7.92. The summed E-state index contributed by atoms with van der Waals surface area (Å²) in [6, 6.07) is 12.9. The van der Waals surface area contributed by atoms with E-state index in [0.717, 1.165) is 21.6 Å². The predicted molar refractivity (Wildman–Crippen MR) is 150 cm³/mol. The van der Waals surface area contributed by atoms with Crippen molar-refractivity contribution in [3.8, 4) is 5.75 Å². The molecular formula is C30H36BNO7. The summed E-state index contributed by atoms with van der Waals surface area (Å²) in [4.78, 5) is 28.3. The summed E-state index contributed by atoms with van der Waals surface area (Å²) in [5.74, 6) is -2.82. The number of phenols is 1. The molecule has 206 valence electrons. The number of aliphatic hydroxyl groups excluding tert-OH is 2. The first-order valence-electron chi connectivity index (χ1n) is 13.3. The van der Waals surface area contributed by atoms with Crippen LogP contribution in [0.1, 0.15) is 45.6 Å². The Morgan fingerprint density at radius 1 is 1.10 bits per heavy atom. The van der Waals surface area contributed by atoms with Gasteiger partial charge in [-0.3, -0.25) is 14.5 Å². The zero-order chi connectivity index (χ0) is 28.4. The number of aliphatic hydroxyl groups is 2. The molecule has 0 bridgehead atoms. The molecule has 4 rings (SSSR count). The van der Waals surface area contributed by atoms with Gasteiger partial charge in [-0.2, -0.15) is 0 Å². The summed E-state index contributed by atoms with van der Waals surface area (Å²) in [6.07, 6.45) is 2.38. The van der Waals surface area contributed by atoms with Crippen LogP contribution in [0.15, 0.2) is 65.3 Å². The lowest BCUT2D eigenvalue weighted by Crippen LogP contribution is -2.40. The predicted octanol–water partition coefficient (Wildman–Crippen LogP) is 2.39. The maximum atomic E-state index is 13.7. The molecule has 1 heterocycles. The number of imide groups is 1. The van der Waals surface area contributed by atoms with Gasteiger partial charge in [-0.05, 0) is 73.0 Å². The van der Waals surface area contributed by atoms with E-state index in [9.17, 15) is 35.0 Å². The Kier molecular flexibility index (Phi) is 8.76. The minimum atomic E-state index is -1.74. The Balaban J connectivity index is 1.60. The third kappa shape index (κ3) is 5.87. The largest absolute Gasteiger partial charge is 0.508 e. The standard InChI is InChI=1S/C30H36BNO7/c1-17(2)23-15-24-28(30(37)32(29(24)36)21-6-4-5-20(14-21)31(38)39)25(16-33)27(23)26(35)12-7-18(3)13-19-8-10-22(34)11-9-19/h4-6,8-11,13-14,17,24-26,28,33-35,38-39H,7,12,15-16H2,1-3H3/b18-13+/t24-,25+,26-,28-/m1/s1. The lowest BCUT2D eigenvalue weighted by Gasteiger charge is -2.38. The van der Waals surface area contributed by atoms with Gasteiger partial charge in [0.15, 0.2) is 0 Å². The molecule has 2 aliphatic rings. The number of anilines is 1. The number of hydrogen-bond donors (Lipinski definition) is 5. The molecular weight excluding hydrogens is 497 g/mol. The average Bonchev–Trinajstić information content (AvgIpc) is 3.16. The molecule has 39 heavy (non-hydrogen) atoms. The van der Waals surface area contributed by atoms with E-state index < -0.39 is 36.9 Å². The molecule has 0 spiro atoms. The normalized spacial score (nSPS) is 22.5. The Morgan fingerprint density at radius 2 is 1.79 bits per heavy atom. The first kappa shape index (κ1) is 28.8. The van der Waals surface area contributed by atoms with Crippen LogP contribution in [0.5, 0.6) is 5.75 Å². The molecule has 0 radical (unpaired) electrons. The molecule has 0 saturated carbocycles. The molecule has 5 N–H and O–H groups in total. The van der Waals surface area contributed by atoms with Gasteiger partial charge in [0.2, 0.25) is 11.8 Å². The van der Waals surface area contributed by atoms with Gasteiger partial charge < -0.3 is 25.4 Å². The maximum Gasteiger partial charge on any atom is 0.488 e. The van der Waals surface area contributed by atoms with Gasteiger partial charge in [0.1, 0.15) is 5.75 Å². The molecule has 9 heteroatoms. The zero-order valence-corrected chi connectivity index (χ0v) is 22.5. The highest BCUT2D eigenvalue weighted by molar-refractivity contribution is 6.58. The Morgan fingerprint density at radius 3 is 2.41 bits per heavy atom. The van der Waals surface area contributed by atoms with Crippen molar-refractivity contribution < 1.29 is 35.0 Å². The smallest absolute Gasteiger partial charge is 0.488 e. The molecule has 1 aliphatic carbocycles. The quantitative estimate of drug-likeness (QED) is 0.190. The molecule has 1 saturated heterocycles. The number of nitrogens with zero attached hydrogens (tertiary/aromatic N) is 1. The van der Waals surface area contributed by atoms with Gasteiger partial charge in [0.05, 0.1) is 30.2 Å². The van der Waals surface area contributed by atoms with Gasteiger partial charge in [-0.15, -0.1) is 0 Å². The van der Waals surface area contributed by atoms with E-state index in [0.29, 0.717) is 24.8 Å². The van der Waals surface area contributed by atoms with Gasteiger partial charge in [0, 0.05) is 5.92 Å². The summed E-state index contributed by atoms with van der Waals surface area (Å²) in [5.41, 5.74) is 3.92. The second-order valence-corrected chi connectivity index (χ2v) is 10.9. The third-order valence-electron chi connectivity index (χ3n) is 7.92. The van der Waals surface area contributed by atoms with E-state index >= 15 is 0 Å². The average molecular weight is 533 g/mol. The molecule has 4 atom stereocenters. The van der Waals surface area contributed by atoms with Crippen molar-refractivity contribution in [2.75, 3.05) is 11.5 Å². The second-order valence-electron chi connectivity index (χ2n) is 10.9. The van der Waals surface area contributed by atoms with Crippen molar-refractivity contribution in [2.45, 2.75) is 46.1 Å². The fraction of sp³-hybridized carbons (Fsp3) is 0.400. The number of carbonyl (C=O) groups is 2. The Hall–Kier alpha value is -3.24. The van der Waals surface area contributed by atoms with Crippen molar-refractivity contribution in [3.63, 3.8) is 0 Å². The van der Waals surface area contributed by atoms with Crippen molar-refractivity contribution in [2.24, 2.45) is 23.7 Å². The van der Waals surface area contributed by atoms with Crippen LogP contribution in [0.4, 0.5) is 5.69 Å². The van der Waals surface area contributed by atoms with Crippen LogP contribution >= 0.6 is 0 Å². The first-order chi connectivity index (χ1) is 18.5. The minimum Gasteiger partial charge on any atom is -0.508 e. The minimum absolute atomic E-state index is 0.00287. The summed E-state index contributed by atoms with van der Waals surface area (Å²) in [5, 5.41) is 50.5. The van der Waals surface area contributed by atoms with Gasteiger partial charge in [-0.1, -0.05) is 55.3 Å². The zero-order valence-electron chi connectivity index (χ0n) is 22.5. The summed E-state index contributed by atoms with van der Waals surface area (Å²) < 4.78 is 0. The van der Waals surface area contributed by atoms with E-state index in [1.165, 1.54) is 12.1 Å². The number of fused-ring (bicyclic) bond motifs is 1. The summed E-state index contributed by atoms with van der Waals surface area (Å²) >= 11 is 0. The molecule has 1 aliphatic heterocycles. The first-order valence-corrected chi connectivity index (χ1v) is 13.3. The number of aromatic hydroxyl groups is 1. The van der Waals surface area contributed by atoms with Crippen molar-refractivity contribution in [1.82, 2.24) is 0 Å². The lowest BCUT2D eigenvalue weighted by molar-refractivity contribution is -0.123. The van der Waals surface area contributed by atoms with Crippen LogP contribution in [0, 0.1) is 23.7 Å². The van der Waals surface area contributed by atoms with E-state index in [4.69, 9.17) is 0 Å². The number of allylic oxidation sites excluding steroid dienone is 2. The van der Waals surface area contributed by atoms with E-state index in [1.54, 1.807) is 24.3 Å².